The van der Waals surface area contributed by atoms with Gasteiger partial charge in [-0.05, 0) is 24.6 Å². The van der Waals surface area contributed by atoms with E-state index in [2.05, 4.69) is 11.4 Å². The minimum Gasteiger partial charge on any atom is -0.382 e. The van der Waals surface area contributed by atoms with Gasteiger partial charge in [-0.2, -0.15) is 0 Å². The number of rotatable bonds is 5. The van der Waals surface area contributed by atoms with Crippen molar-refractivity contribution in [2.45, 2.75) is 19.6 Å². The van der Waals surface area contributed by atoms with Crippen LogP contribution in [0.3, 0.4) is 0 Å². The number of benzene rings is 1. The summed E-state index contributed by atoms with van der Waals surface area (Å²) in [6, 6.07) is 8.11. The first-order chi connectivity index (χ1) is 6.76. The summed E-state index contributed by atoms with van der Waals surface area (Å²) in [6.07, 6.45) is 0.219. The summed E-state index contributed by atoms with van der Waals surface area (Å²) in [5.41, 5.74) is 7.78. The average Bonchev–Trinajstić information content (AvgIpc) is 2.26. The molecule has 0 aliphatic rings. The molecular formula is C11H18N2O. The van der Waals surface area contributed by atoms with Crippen LogP contribution in [0.2, 0.25) is 0 Å². The normalized spacial score (nSPS) is 12.5. The Bertz CT molecular complexity index is 276. The third-order valence-electron chi connectivity index (χ3n) is 2.16. The van der Waals surface area contributed by atoms with Gasteiger partial charge in [-0.1, -0.05) is 12.1 Å². The number of nitrogens with one attached hydrogen (secondary N) is 1. The van der Waals surface area contributed by atoms with Gasteiger partial charge in [0.15, 0.2) is 0 Å². The van der Waals surface area contributed by atoms with Gasteiger partial charge in [0.25, 0.3) is 0 Å². The first-order valence-corrected chi connectivity index (χ1v) is 4.82. The molecule has 0 radical (unpaired) electrons. The van der Waals surface area contributed by atoms with Gasteiger partial charge in [-0.15, -0.1) is 0 Å². The molecule has 0 aromatic heterocycles. The highest BCUT2D eigenvalue weighted by molar-refractivity contribution is 5.45. The zero-order valence-corrected chi connectivity index (χ0v) is 8.79. The Kier molecular flexibility index (Phi) is 4.43. The van der Waals surface area contributed by atoms with Crippen LogP contribution in [0.5, 0.6) is 0 Å². The monoisotopic (exact) mass is 194 g/mol. The number of methoxy groups -OCH3 is 1. The Labute approximate surface area is 85.3 Å². The van der Waals surface area contributed by atoms with Crippen molar-refractivity contribution in [3.63, 3.8) is 0 Å². The van der Waals surface area contributed by atoms with E-state index in [0.29, 0.717) is 6.54 Å². The van der Waals surface area contributed by atoms with Crippen LogP contribution < -0.4 is 11.1 Å². The van der Waals surface area contributed by atoms with Crippen LogP contribution in [0, 0.1) is 0 Å². The van der Waals surface area contributed by atoms with Crippen LogP contribution in [0.15, 0.2) is 24.3 Å². The number of hydrogen-bond donors (Lipinski definition) is 2. The Hall–Kier alpha value is -1.06. The molecule has 0 bridgehead atoms. The molecule has 3 nitrogen and oxygen atoms in total. The summed E-state index contributed by atoms with van der Waals surface area (Å²) in [5.74, 6) is 0. The summed E-state index contributed by atoms with van der Waals surface area (Å²) < 4.78 is 5.14. The summed E-state index contributed by atoms with van der Waals surface area (Å²) in [7, 11) is 1.71. The van der Waals surface area contributed by atoms with Crippen molar-refractivity contribution in [3.8, 4) is 0 Å². The largest absolute Gasteiger partial charge is 0.382 e. The zero-order chi connectivity index (χ0) is 10.4. The van der Waals surface area contributed by atoms with Crippen molar-refractivity contribution < 1.29 is 4.74 Å². The third kappa shape index (κ3) is 3.36. The topological polar surface area (TPSA) is 47.3 Å². The van der Waals surface area contributed by atoms with E-state index in [1.165, 1.54) is 0 Å². The van der Waals surface area contributed by atoms with Crippen molar-refractivity contribution in [2.24, 2.45) is 5.73 Å². The van der Waals surface area contributed by atoms with Gasteiger partial charge in [-0.25, -0.2) is 0 Å². The van der Waals surface area contributed by atoms with Crippen molar-refractivity contribution in [3.05, 3.63) is 29.8 Å². The number of ether oxygens (including phenoxy) is 1. The molecular weight excluding hydrogens is 176 g/mol. The maximum Gasteiger partial charge on any atom is 0.0715 e. The minimum absolute atomic E-state index is 0.219. The molecule has 3 heteroatoms. The summed E-state index contributed by atoms with van der Waals surface area (Å²) in [4.78, 5) is 0. The molecule has 1 unspecified atom stereocenters. The third-order valence-corrected chi connectivity index (χ3v) is 2.16. The summed E-state index contributed by atoms with van der Waals surface area (Å²) in [6.45, 7) is 3.42. The van der Waals surface area contributed by atoms with Crippen LogP contribution in [-0.2, 0) is 11.3 Å². The molecule has 0 heterocycles. The van der Waals surface area contributed by atoms with E-state index in [1.807, 2.05) is 25.1 Å². The van der Waals surface area contributed by atoms with E-state index in [4.69, 9.17) is 10.5 Å². The predicted molar refractivity (Wildman–Crippen MR) is 59.3 cm³/mol. The van der Waals surface area contributed by atoms with E-state index < -0.39 is 0 Å². The maximum absolute atomic E-state index is 5.55. The number of hydrogen-bond acceptors (Lipinski definition) is 3. The Balaban J connectivity index is 2.50. The molecule has 3 N–H and O–H groups in total. The molecule has 0 aliphatic carbocycles. The fourth-order valence-electron chi connectivity index (χ4n) is 1.15. The number of anilines is 1. The number of nitrogens with two attached hydrogens (primary N) is 1. The lowest BCUT2D eigenvalue weighted by Gasteiger charge is -2.12. The van der Waals surface area contributed by atoms with Crippen molar-refractivity contribution in [1.82, 2.24) is 0 Å². The highest BCUT2D eigenvalue weighted by Gasteiger charge is 1.99. The van der Waals surface area contributed by atoms with Gasteiger partial charge in [0.2, 0.25) is 0 Å². The van der Waals surface area contributed by atoms with Gasteiger partial charge in [0, 0.05) is 25.9 Å². The second-order valence-corrected chi connectivity index (χ2v) is 3.33. The second kappa shape index (κ2) is 5.62. The predicted octanol–water partition coefficient (Wildman–Crippen LogP) is 1.59. The van der Waals surface area contributed by atoms with Crippen LogP contribution in [0.25, 0.3) is 0 Å². The van der Waals surface area contributed by atoms with E-state index in [9.17, 15) is 0 Å². The van der Waals surface area contributed by atoms with Crippen molar-refractivity contribution in [2.75, 3.05) is 19.0 Å². The average molecular weight is 194 g/mol. The van der Waals surface area contributed by atoms with E-state index in [0.717, 1.165) is 17.8 Å². The molecule has 14 heavy (non-hydrogen) atoms. The van der Waals surface area contributed by atoms with E-state index in [1.54, 1.807) is 7.11 Å². The van der Waals surface area contributed by atoms with Crippen molar-refractivity contribution in [1.29, 1.82) is 0 Å². The van der Waals surface area contributed by atoms with Crippen molar-refractivity contribution >= 4 is 5.69 Å². The summed E-state index contributed by atoms with van der Waals surface area (Å²) >= 11 is 0. The SMILES string of the molecule is COC(C)CNc1cccc(CN)c1. The molecule has 0 fully saturated rings. The molecule has 1 atom stereocenters. The van der Waals surface area contributed by atoms with Gasteiger partial charge in [0.05, 0.1) is 6.10 Å². The standard InChI is InChI=1S/C11H18N2O/c1-9(14-2)8-13-11-5-3-4-10(6-11)7-12/h3-6,9,13H,7-8,12H2,1-2H3. The Morgan fingerprint density at radius 1 is 1.50 bits per heavy atom. The molecule has 0 saturated heterocycles. The van der Waals surface area contributed by atoms with Gasteiger partial charge in [0.1, 0.15) is 0 Å². The lowest BCUT2D eigenvalue weighted by molar-refractivity contribution is 0.129. The van der Waals surface area contributed by atoms with Gasteiger partial charge in [-0.3, -0.25) is 0 Å². The fourth-order valence-corrected chi connectivity index (χ4v) is 1.15. The molecule has 78 valence electrons. The fraction of sp³-hybridized carbons (Fsp3) is 0.455. The molecule has 1 aromatic rings. The van der Waals surface area contributed by atoms with Crippen LogP contribution >= 0.6 is 0 Å². The molecule has 0 amide bonds. The molecule has 0 spiro atoms. The second-order valence-electron chi connectivity index (χ2n) is 3.33. The van der Waals surface area contributed by atoms with E-state index >= 15 is 0 Å². The van der Waals surface area contributed by atoms with Crippen LogP contribution in [0.4, 0.5) is 5.69 Å². The highest BCUT2D eigenvalue weighted by atomic mass is 16.5. The molecule has 1 rings (SSSR count). The summed E-state index contributed by atoms with van der Waals surface area (Å²) in [5, 5.41) is 3.29. The maximum atomic E-state index is 5.55. The zero-order valence-electron chi connectivity index (χ0n) is 8.79. The smallest absolute Gasteiger partial charge is 0.0715 e. The highest BCUT2D eigenvalue weighted by Crippen LogP contribution is 2.10. The molecule has 0 saturated carbocycles. The Morgan fingerprint density at radius 2 is 2.29 bits per heavy atom. The first kappa shape index (κ1) is 11.0. The van der Waals surface area contributed by atoms with Crippen LogP contribution in [-0.4, -0.2) is 19.8 Å². The quantitative estimate of drug-likeness (QED) is 0.748. The lowest BCUT2D eigenvalue weighted by Crippen LogP contribution is -2.18. The molecule has 1 aromatic carbocycles. The lowest BCUT2D eigenvalue weighted by atomic mass is 10.2. The van der Waals surface area contributed by atoms with Crippen LogP contribution in [0.1, 0.15) is 12.5 Å². The van der Waals surface area contributed by atoms with E-state index in [-0.39, 0.29) is 6.10 Å². The van der Waals surface area contributed by atoms with Gasteiger partial charge >= 0.3 is 0 Å². The Morgan fingerprint density at radius 3 is 2.93 bits per heavy atom. The molecule has 0 aliphatic heterocycles. The minimum atomic E-state index is 0.219. The van der Waals surface area contributed by atoms with Gasteiger partial charge < -0.3 is 15.8 Å². The first-order valence-electron chi connectivity index (χ1n) is 4.82.